The average molecular weight is 538 g/mol. The zero-order chi connectivity index (χ0) is 26.6. The van der Waals surface area contributed by atoms with Crippen LogP contribution in [0.4, 0.5) is 9.18 Å². The number of fused-ring (bicyclic) bond motifs is 4. The summed E-state index contributed by atoms with van der Waals surface area (Å²) in [6, 6.07) is 10.2. The highest BCUT2D eigenvalue weighted by Gasteiger charge is 2.34. The number of carbonyl (C=O) groups excluding carboxylic acids is 1. The number of hydrogen-bond acceptors (Lipinski definition) is 6. The molecule has 0 unspecified atom stereocenters. The lowest BCUT2D eigenvalue weighted by Gasteiger charge is -2.27. The minimum absolute atomic E-state index is 0.180. The van der Waals surface area contributed by atoms with Crippen molar-refractivity contribution in [3.05, 3.63) is 70.1 Å². The molecule has 1 amide bonds. The number of rotatable bonds is 2. The number of aromatic nitrogens is 4. The molecular weight excluding hydrogens is 509 g/mol. The lowest BCUT2D eigenvalue weighted by Crippen LogP contribution is -2.35. The molecule has 4 aromatic rings. The summed E-state index contributed by atoms with van der Waals surface area (Å²) in [6.45, 7) is 6.19. The fraction of sp³-hybridized carbons (Fsp3) is 0.429. The highest BCUT2D eigenvalue weighted by molar-refractivity contribution is 6.30. The van der Waals surface area contributed by atoms with E-state index >= 15 is 0 Å². The van der Waals surface area contributed by atoms with Crippen LogP contribution in [0.5, 0.6) is 0 Å². The smallest absolute Gasteiger partial charge is 0.411 e. The lowest BCUT2D eigenvalue weighted by atomic mass is 9.79. The summed E-state index contributed by atoms with van der Waals surface area (Å²) in [4.78, 5) is 14.7. The molecule has 0 radical (unpaired) electrons. The maximum atomic E-state index is 13.9. The van der Waals surface area contributed by atoms with Crippen molar-refractivity contribution in [1.29, 1.82) is 0 Å². The highest BCUT2D eigenvalue weighted by atomic mass is 35.5. The Labute approximate surface area is 224 Å². The van der Waals surface area contributed by atoms with Gasteiger partial charge in [-0.2, -0.15) is 0 Å². The Morgan fingerprint density at radius 1 is 1.05 bits per heavy atom. The summed E-state index contributed by atoms with van der Waals surface area (Å²) in [7, 11) is 0. The van der Waals surface area contributed by atoms with E-state index in [0.29, 0.717) is 23.0 Å². The zero-order valence-electron chi connectivity index (χ0n) is 21.6. The second-order valence-electron chi connectivity index (χ2n) is 11.2. The van der Waals surface area contributed by atoms with Gasteiger partial charge in [0.25, 0.3) is 0 Å². The van der Waals surface area contributed by atoms with E-state index in [2.05, 4.69) is 19.9 Å². The predicted molar refractivity (Wildman–Crippen MR) is 140 cm³/mol. The van der Waals surface area contributed by atoms with Gasteiger partial charge < -0.3 is 9.26 Å². The van der Waals surface area contributed by atoms with Crippen LogP contribution >= 0.6 is 11.6 Å². The van der Waals surface area contributed by atoms with Gasteiger partial charge >= 0.3 is 6.09 Å². The van der Waals surface area contributed by atoms with E-state index in [1.165, 1.54) is 12.1 Å². The Kier molecular flexibility index (Phi) is 6.13. The van der Waals surface area contributed by atoms with E-state index in [1.54, 1.807) is 11.0 Å². The molecule has 0 saturated heterocycles. The number of hydrogen-bond donors (Lipinski definition) is 0. The third-order valence-corrected chi connectivity index (χ3v) is 7.56. The first-order chi connectivity index (χ1) is 18.2. The molecule has 0 bridgehead atoms. The van der Waals surface area contributed by atoms with Gasteiger partial charge in [0.2, 0.25) is 0 Å². The molecule has 3 heterocycles. The second-order valence-corrected chi connectivity index (χ2v) is 11.6. The molecule has 8 nitrogen and oxygen atoms in total. The molecule has 6 rings (SSSR count). The highest BCUT2D eigenvalue weighted by Crippen LogP contribution is 2.43. The van der Waals surface area contributed by atoms with E-state index in [-0.39, 0.29) is 24.2 Å². The van der Waals surface area contributed by atoms with Gasteiger partial charge in [0.15, 0.2) is 11.4 Å². The van der Waals surface area contributed by atoms with Crippen LogP contribution in [0.25, 0.3) is 16.7 Å². The largest absolute Gasteiger partial charge is 0.444 e. The maximum Gasteiger partial charge on any atom is 0.411 e. The normalized spacial score (nSPS) is 19.7. The first kappa shape index (κ1) is 24.9. The average Bonchev–Trinajstić information content (AvgIpc) is 3.43. The third-order valence-electron chi connectivity index (χ3n) is 7.32. The van der Waals surface area contributed by atoms with Crippen LogP contribution in [-0.2, 0) is 17.8 Å². The van der Waals surface area contributed by atoms with Gasteiger partial charge in [-0.3, -0.25) is 9.47 Å². The summed E-state index contributed by atoms with van der Waals surface area (Å²) in [5.74, 6) is 1.64. The molecule has 0 spiro atoms. The van der Waals surface area contributed by atoms with Gasteiger partial charge in [-0.05, 0) is 88.4 Å². The van der Waals surface area contributed by atoms with Gasteiger partial charge in [-0.1, -0.05) is 16.8 Å². The molecule has 1 saturated carbocycles. The topological polar surface area (TPSA) is 86.3 Å². The molecule has 0 atom stereocenters. The van der Waals surface area contributed by atoms with Gasteiger partial charge in [-0.15, -0.1) is 10.2 Å². The molecule has 2 aromatic carbocycles. The van der Waals surface area contributed by atoms with Gasteiger partial charge in [0.05, 0.1) is 24.5 Å². The fourth-order valence-corrected chi connectivity index (χ4v) is 5.79. The summed E-state index contributed by atoms with van der Waals surface area (Å²) in [5.41, 5.74) is 2.66. The van der Waals surface area contributed by atoms with Crippen molar-refractivity contribution in [2.45, 2.75) is 77.0 Å². The van der Waals surface area contributed by atoms with Gasteiger partial charge in [0.1, 0.15) is 17.2 Å². The van der Waals surface area contributed by atoms with Gasteiger partial charge in [-0.25, -0.2) is 9.18 Å². The Morgan fingerprint density at radius 2 is 1.82 bits per heavy atom. The number of ether oxygens (including phenoxy) is 1. The monoisotopic (exact) mass is 537 g/mol. The van der Waals surface area contributed by atoms with Crippen LogP contribution in [0.1, 0.15) is 81.2 Å². The van der Waals surface area contributed by atoms with Crippen molar-refractivity contribution in [3.8, 4) is 5.69 Å². The van der Waals surface area contributed by atoms with Crippen LogP contribution in [0.2, 0.25) is 5.02 Å². The third kappa shape index (κ3) is 4.64. The Bertz CT molecular complexity index is 1520. The molecule has 1 aliphatic carbocycles. The number of amides is 1. The SMILES string of the molecule is CC(C)(C)OC(=O)N1Cc2cc(Cl)ccc2-n2c(nnc2[C@H]2CC[C@H](c3noc4ccc(F)cc43)CC2)C1. The molecule has 1 fully saturated rings. The van der Waals surface area contributed by atoms with Crippen LogP contribution in [-0.4, -0.2) is 36.5 Å². The molecule has 0 N–H and O–H groups in total. The quantitative estimate of drug-likeness (QED) is 0.276. The van der Waals surface area contributed by atoms with Crippen LogP contribution in [0, 0.1) is 5.82 Å². The van der Waals surface area contributed by atoms with E-state index < -0.39 is 11.7 Å². The van der Waals surface area contributed by atoms with Crippen LogP contribution in [0.3, 0.4) is 0 Å². The van der Waals surface area contributed by atoms with E-state index in [0.717, 1.165) is 53.8 Å². The first-order valence-electron chi connectivity index (χ1n) is 12.9. The van der Waals surface area contributed by atoms with Gasteiger partial charge in [0, 0.05) is 22.2 Å². The van der Waals surface area contributed by atoms with Crippen LogP contribution < -0.4 is 0 Å². The maximum absolute atomic E-state index is 13.9. The first-order valence-corrected chi connectivity index (χ1v) is 13.3. The van der Waals surface area contributed by atoms with Crippen molar-refractivity contribution >= 4 is 28.7 Å². The fourth-order valence-electron chi connectivity index (χ4n) is 5.60. The number of carbonyl (C=O) groups is 1. The summed E-state index contributed by atoms with van der Waals surface area (Å²) in [6.07, 6.45) is 3.11. The molecule has 2 aliphatic rings. The molecular formula is C28H29ClFN5O3. The van der Waals surface area contributed by atoms with Crippen molar-refractivity contribution in [1.82, 2.24) is 24.8 Å². The molecule has 10 heteroatoms. The summed E-state index contributed by atoms with van der Waals surface area (Å²) < 4.78 is 27.1. The predicted octanol–water partition coefficient (Wildman–Crippen LogP) is 6.89. The standard InChI is InChI=1S/C28H29ClFN5O3/c1-28(2,3)37-27(36)34-14-18-12-19(29)8-10-22(18)35-24(15-34)31-32-26(35)17-6-4-16(5-7-17)25-21-13-20(30)9-11-23(21)38-33-25/h8-13,16-17H,4-7,14-15H2,1-3H3/t16-,17-. The molecule has 2 aromatic heterocycles. The Morgan fingerprint density at radius 3 is 2.58 bits per heavy atom. The minimum Gasteiger partial charge on any atom is -0.444 e. The van der Waals surface area contributed by atoms with E-state index in [4.69, 9.17) is 20.9 Å². The Hall–Kier alpha value is -3.46. The molecule has 198 valence electrons. The van der Waals surface area contributed by atoms with Crippen molar-refractivity contribution in [2.24, 2.45) is 0 Å². The van der Waals surface area contributed by atoms with E-state index in [1.807, 2.05) is 39.0 Å². The lowest BCUT2D eigenvalue weighted by molar-refractivity contribution is 0.0214. The Balaban J connectivity index is 1.29. The van der Waals surface area contributed by atoms with Crippen LogP contribution in [0.15, 0.2) is 40.9 Å². The number of benzene rings is 2. The summed E-state index contributed by atoms with van der Waals surface area (Å²) >= 11 is 6.36. The number of halogens is 2. The van der Waals surface area contributed by atoms with Crippen molar-refractivity contribution < 1.29 is 18.4 Å². The molecule has 1 aliphatic heterocycles. The number of nitrogens with zero attached hydrogens (tertiary/aromatic N) is 5. The zero-order valence-corrected chi connectivity index (χ0v) is 22.3. The molecule has 38 heavy (non-hydrogen) atoms. The van der Waals surface area contributed by atoms with Crippen molar-refractivity contribution in [2.75, 3.05) is 0 Å². The van der Waals surface area contributed by atoms with E-state index in [9.17, 15) is 9.18 Å². The minimum atomic E-state index is -0.612. The summed E-state index contributed by atoms with van der Waals surface area (Å²) in [5, 5.41) is 14.8. The van der Waals surface area contributed by atoms with Crippen molar-refractivity contribution in [3.63, 3.8) is 0 Å². The second kappa shape index (κ2) is 9.38.